The lowest BCUT2D eigenvalue weighted by Crippen LogP contribution is -2.23. The Morgan fingerprint density at radius 3 is 2.56 bits per heavy atom. The number of esters is 1. The minimum absolute atomic E-state index is 0.00977. The van der Waals surface area contributed by atoms with Gasteiger partial charge >= 0.3 is 5.97 Å². The van der Waals surface area contributed by atoms with Crippen LogP contribution < -0.4 is 0 Å². The molecule has 0 aromatic carbocycles. The van der Waals surface area contributed by atoms with E-state index in [9.17, 15) is 9.59 Å². The van der Waals surface area contributed by atoms with Crippen molar-refractivity contribution in [3.63, 3.8) is 0 Å². The van der Waals surface area contributed by atoms with E-state index in [1.807, 2.05) is 19.9 Å². The number of ether oxygens (including phenoxy) is 1. The van der Waals surface area contributed by atoms with E-state index in [2.05, 4.69) is 6.92 Å². The summed E-state index contributed by atoms with van der Waals surface area (Å²) in [5.74, 6) is 1.27. The third-order valence-electron chi connectivity index (χ3n) is 5.23. The van der Waals surface area contributed by atoms with Gasteiger partial charge in [0.2, 0.25) is 0 Å². The van der Waals surface area contributed by atoms with Gasteiger partial charge in [-0.3, -0.25) is 9.59 Å². The molecule has 3 rings (SSSR count). The number of hydrogen-bond acceptors (Lipinski definition) is 3. The zero-order chi connectivity index (χ0) is 13.0. The smallest absolute Gasteiger partial charge is 0.309 e. The van der Waals surface area contributed by atoms with E-state index in [1.165, 1.54) is 5.57 Å². The van der Waals surface area contributed by atoms with Crippen LogP contribution in [-0.4, -0.2) is 17.9 Å². The molecule has 3 nitrogen and oxygen atoms in total. The van der Waals surface area contributed by atoms with Crippen molar-refractivity contribution >= 4 is 11.8 Å². The van der Waals surface area contributed by atoms with E-state index < -0.39 is 0 Å². The van der Waals surface area contributed by atoms with Crippen molar-refractivity contribution in [1.82, 2.24) is 0 Å². The predicted molar refractivity (Wildman–Crippen MR) is 66.7 cm³/mol. The summed E-state index contributed by atoms with van der Waals surface area (Å²) in [6, 6.07) is 0. The molecule has 1 saturated carbocycles. The van der Waals surface area contributed by atoms with Gasteiger partial charge in [-0.15, -0.1) is 0 Å². The fraction of sp³-hybridized carbons (Fsp3) is 0.733. The Balaban J connectivity index is 1.93. The molecule has 3 heteroatoms. The Morgan fingerprint density at radius 2 is 1.83 bits per heavy atom. The Morgan fingerprint density at radius 1 is 1.11 bits per heavy atom. The van der Waals surface area contributed by atoms with Gasteiger partial charge in [0.25, 0.3) is 0 Å². The van der Waals surface area contributed by atoms with Gasteiger partial charge in [0.1, 0.15) is 6.10 Å². The maximum absolute atomic E-state index is 11.9. The van der Waals surface area contributed by atoms with Crippen LogP contribution in [0.5, 0.6) is 0 Å². The summed E-state index contributed by atoms with van der Waals surface area (Å²) in [7, 11) is 0. The van der Waals surface area contributed by atoms with Crippen molar-refractivity contribution in [2.75, 3.05) is 0 Å². The van der Waals surface area contributed by atoms with Crippen molar-refractivity contribution in [2.45, 2.75) is 39.7 Å². The normalized spacial score (nSPS) is 47.2. The molecule has 1 saturated heterocycles. The number of allylic oxidation sites excluding steroid dienone is 2. The van der Waals surface area contributed by atoms with E-state index in [0.29, 0.717) is 17.8 Å². The minimum atomic E-state index is -0.0541. The van der Waals surface area contributed by atoms with E-state index in [0.717, 1.165) is 12.8 Å². The molecule has 0 spiro atoms. The molecule has 18 heavy (non-hydrogen) atoms. The molecule has 0 unspecified atom stereocenters. The van der Waals surface area contributed by atoms with E-state index in [1.54, 1.807) is 0 Å². The minimum Gasteiger partial charge on any atom is -0.462 e. The molecule has 98 valence electrons. The van der Waals surface area contributed by atoms with Gasteiger partial charge in [-0.25, -0.2) is 0 Å². The molecular weight excluding hydrogens is 228 g/mol. The molecule has 0 N–H and O–H groups in total. The van der Waals surface area contributed by atoms with Gasteiger partial charge in [0, 0.05) is 11.8 Å². The van der Waals surface area contributed by atoms with E-state index in [-0.39, 0.29) is 29.7 Å². The first kappa shape index (κ1) is 11.9. The number of carbonyl (C=O) groups excluding carboxylic acids is 2. The maximum Gasteiger partial charge on any atom is 0.309 e. The van der Waals surface area contributed by atoms with Crippen molar-refractivity contribution < 1.29 is 14.3 Å². The molecule has 0 amide bonds. The predicted octanol–water partition coefficient (Wildman–Crippen LogP) is 2.36. The second-order valence-corrected chi connectivity index (χ2v) is 6.24. The Labute approximate surface area is 108 Å². The molecule has 0 aromatic rings. The van der Waals surface area contributed by atoms with Crippen LogP contribution in [0.1, 0.15) is 33.6 Å². The maximum atomic E-state index is 11.9. The van der Waals surface area contributed by atoms with Crippen LogP contribution in [0, 0.1) is 29.6 Å². The monoisotopic (exact) mass is 248 g/mol. The molecule has 6 atom stereocenters. The second kappa shape index (κ2) is 3.94. The SMILES string of the molecule is C[C@H]1C[C@H]2OC(=O)[C@H](C)[C@H]2C[C@H]2C1=CC(=O)[C@@H]2C. The molecule has 2 fully saturated rings. The van der Waals surface area contributed by atoms with Crippen LogP contribution in [0.4, 0.5) is 0 Å². The first-order chi connectivity index (χ1) is 8.49. The second-order valence-electron chi connectivity index (χ2n) is 6.24. The fourth-order valence-corrected chi connectivity index (χ4v) is 3.93. The van der Waals surface area contributed by atoms with Gasteiger partial charge in [-0.1, -0.05) is 26.3 Å². The standard InChI is InChI=1S/C15H20O3/c1-7-4-14-12(9(3)15(17)18-14)5-11-8(2)13(16)6-10(7)11/h6-9,11-12,14H,4-5H2,1-3H3/t7-,8+,9+,11+,12+,14+/m0/s1. The highest BCUT2D eigenvalue weighted by Crippen LogP contribution is 2.48. The number of rotatable bonds is 0. The first-order valence-electron chi connectivity index (χ1n) is 6.95. The van der Waals surface area contributed by atoms with Crippen LogP contribution in [0.2, 0.25) is 0 Å². The molecule has 0 aromatic heterocycles. The zero-order valence-electron chi connectivity index (χ0n) is 11.2. The highest BCUT2D eigenvalue weighted by atomic mass is 16.6. The van der Waals surface area contributed by atoms with Gasteiger partial charge in [0.15, 0.2) is 5.78 Å². The summed E-state index contributed by atoms with van der Waals surface area (Å²) in [6.45, 7) is 6.14. The van der Waals surface area contributed by atoms with Crippen LogP contribution >= 0.6 is 0 Å². The van der Waals surface area contributed by atoms with Gasteiger partial charge < -0.3 is 4.74 Å². The average Bonchev–Trinajstić information content (AvgIpc) is 2.68. The fourth-order valence-electron chi connectivity index (χ4n) is 3.93. The summed E-state index contributed by atoms with van der Waals surface area (Å²) in [5, 5.41) is 0. The molecule has 1 heterocycles. The molecule has 0 radical (unpaired) electrons. The van der Waals surface area contributed by atoms with Crippen molar-refractivity contribution in [1.29, 1.82) is 0 Å². The zero-order valence-corrected chi connectivity index (χ0v) is 11.2. The summed E-state index contributed by atoms with van der Waals surface area (Å²) < 4.78 is 5.50. The average molecular weight is 248 g/mol. The molecular formula is C15H20O3. The van der Waals surface area contributed by atoms with Crippen molar-refractivity contribution in [3.8, 4) is 0 Å². The van der Waals surface area contributed by atoms with Crippen LogP contribution in [0.3, 0.4) is 0 Å². The number of hydrogen-bond donors (Lipinski definition) is 0. The van der Waals surface area contributed by atoms with E-state index >= 15 is 0 Å². The lowest BCUT2D eigenvalue weighted by atomic mass is 9.80. The largest absolute Gasteiger partial charge is 0.462 e. The number of fused-ring (bicyclic) bond motifs is 2. The molecule has 3 aliphatic rings. The lowest BCUT2D eigenvalue weighted by molar-refractivity contribution is -0.144. The highest BCUT2D eigenvalue weighted by molar-refractivity contribution is 5.95. The summed E-state index contributed by atoms with van der Waals surface area (Å²) in [6.07, 6.45) is 3.73. The third kappa shape index (κ3) is 1.56. The van der Waals surface area contributed by atoms with Crippen LogP contribution in [-0.2, 0) is 14.3 Å². The molecule has 0 bridgehead atoms. The molecule has 2 aliphatic carbocycles. The Kier molecular flexibility index (Phi) is 2.61. The third-order valence-corrected chi connectivity index (χ3v) is 5.23. The first-order valence-corrected chi connectivity index (χ1v) is 6.95. The summed E-state index contributed by atoms with van der Waals surface area (Å²) in [4.78, 5) is 23.6. The number of ketones is 1. The van der Waals surface area contributed by atoms with Gasteiger partial charge in [-0.05, 0) is 30.8 Å². The van der Waals surface area contributed by atoms with Crippen LogP contribution in [0.25, 0.3) is 0 Å². The Hall–Kier alpha value is -1.12. The highest BCUT2D eigenvalue weighted by Gasteiger charge is 2.49. The molecule has 1 aliphatic heterocycles. The summed E-state index contributed by atoms with van der Waals surface area (Å²) >= 11 is 0. The van der Waals surface area contributed by atoms with Crippen molar-refractivity contribution in [3.05, 3.63) is 11.6 Å². The van der Waals surface area contributed by atoms with Gasteiger partial charge in [0.05, 0.1) is 5.92 Å². The van der Waals surface area contributed by atoms with Crippen molar-refractivity contribution in [2.24, 2.45) is 29.6 Å². The quantitative estimate of drug-likeness (QED) is 0.618. The topological polar surface area (TPSA) is 43.4 Å². The Bertz CT molecular complexity index is 437. The lowest BCUT2D eigenvalue weighted by Gasteiger charge is -2.22. The van der Waals surface area contributed by atoms with Crippen LogP contribution in [0.15, 0.2) is 11.6 Å². The van der Waals surface area contributed by atoms with Gasteiger partial charge in [-0.2, -0.15) is 0 Å². The van der Waals surface area contributed by atoms with E-state index in [4.69, 9.17) is 4.74 Å². The summed E-state index contributed by atoms with van der Waals surface area (Å²) in [5.41, 5.74) is 1.30. The number of carbonyl (C=O) groups is 2.